The molecule has 2 amide bonds. The molecule has 2 rings (SSSR count). The van der Waals surface area contributed by atoms with Crippen molar-refractivity contribution in [3.05, 3.63) is 29.8 Å². The van der Waals surface area contributed by atoms with E-state index in [0.717, 1.165) is 5.56 Å². The molecule has 1 saturated heterocycles. The second-order valence-corrected chi connectivity index (χ2v) is 3.97. The maximum Gasteiger partial charge on any atom is 0.323 e. The number of nitrogens with one attached hydrogen (secondary N) is 1. The monoisotopic (exact) mass is 250 g/mol. The van der Waals surface area contributed by atoms with E-state index in [1.54, 1.807) is 13.2 Å². The first-order chi connectivity index (χ1) is 8.63. The number of carbonyl (C=O) groups is 2. The van der Waals surface area contributed by atoms with E-state index in [4.69, 9.17) is 9.84 Å². The summed E-state index contributed by atoms with van der Waals surface area (Å²) in [7, 11) is 1.55. The Morgan fingerprint density at radius 3 is 2.94 bits per heavy atom. The topological polar surface area (TPSA) is 78.9 Å². The van der Waals surface area contributed by atoms with Crippen molar-refractivity contribution in [1.29, 1.82) is 0 Å². The molecule has 1 aliphatic rings. The van der Waals surface area contributed by atoms with Gasteiger partial charge in [0.05, 0.1) is 13.2 Å². The minimum Gasteiger partial charge on any atom is -0.496 e. The van der Waals surface area contributed by atoms with Gasteiger partial charge in [0, 0.05) is 12.1 Å². The Bertz CT molecular complexity index is 475. The fourth-order valence-electron chi connectivity index (χ4n) is 2.08. The molecule has 1 aliphatic heterocycles. The Morgan fingerprint density at radius 1 is 1.56 bits per heavy atom. The van der Waals surface area contributed by atoms with Crippen molar-refractivity contribution < 1.29 is 19.4 Å². The number of nitrogens with zero attached hydrogens (tertiary/aromatic N) is 1. The maximum atomic E-state index is 11.6. The minimum absolute atomic E-state index is 0.315. The van der Waals surface area contributed by atoms with E-state index in [9.17, 15) is 9.59 Å². The number of carboxylic acid groups (broad SMARTS) is 1. The molecule has 1 aromatic carbocycles. The number of amides is 2. The van der Waals surface area contributed by atoms with Crippen LogP contribution in [-0.4, -0.2) is 42.2 Å². The fraction of sp³-hybridized carbons (Fsp3) is 0.333. The number of benzene rings is 1. The van der Waals surface area contributed by atoms with Gasteiger partial charge in [-0.3, -0.25) is 4.79 Å². The summed E-state index contributed by atoms with van der Waals surface area (Å²) in [5.74, 6) is -0.388. The predicted molar refractivity (Wildman–Crippen MR) is 63.5 cm³/mol. The van der Waals surface area contributed by atoms with Crippen molar-refractivity contribution in [1.82, 2.24) is 10.2 Å². The van der Waals surface area contributed by atoms with E-state index in [0.29, 0.717) is 12.3 Å². The lowest BCUT2D eigenvalue weighted by Crippen LogP contribution is -2.34. The lowest BCUT2D eigenvalue weighted by Gasteiger charge is -2.22. The molecule has 1 aromatic rings. The van der Waals surface area contributed by atoms with E-state index in [1.807, 2.05) is 18.2 Å². The minimum atomic E-state index is -1.04. The second kappa shape index (κ2) is 4.95. The fourth-order valence-corrected chi connectivity index (χ4v) is 2.08. The molecule has 0 spiro atoms. The van der Waals surface area contributed by atoms with Crippen LogP contribution in [0.2, 0.25) is 0 Å². The van der Waals surface area contributed by atoms with Crippen LogP contribution in [0.3, 0.4) is 0 Å². The van der Waals surface area contributed by atoms with Crippen LogP contribution in [0.25, 0.3) is 0 Å². The summed E-state index contributed by atoms with van der Waals surface area (Å²) < 4.78 is 5.23. The molecular formula is C12H14N2O4. The molecule has 1 atom stereocenters. The van der Waals surface area contributed by atoms with Gasteiger partial charge in [-0.1, -0.05) is 18.2 Å². The van der Waals surface area contributed by atoms with Gasteiger partial charge in [0.25, 0.3) is 0 Å². The molecule has 2 N–H and O–H groups in total. The molecule has 0 aliphatic carbocycles. The highest BCUT2D eigenvalue weighted by atomic mass is 16.5. The lowest BCUT2D eigenvalue weighted by atomic mass is 10.1. The third kappa shape index (κ3) is 2.22. The number of carboxylic acids is 1. The molecule has 18 heavy (non-hydrogen) atoms. The standard InChI is InChI=1S/C12H14N2O4/c1-18-10-5-3-2-4-8(10)9-6-13-12(17)14(9)7-11(15)16/h2-5,9H,6-7H2,1H3,(H,13,17)(H,15,16). The van der Waals surface area contributed by atoms with Gasteiger partial charge in [-0.15, -0.1) is 0 Å². The molecule has 0 bridgehead atoms. The van der Waals surface area contributed by atoms with Gasteiger partial charge in [-0.25, -0.2) is 4.79 Å². The number of para-hydroxylation sites is 1. The van der Waals surface area contributed by atoms with Crippen molar-refractivity contribution in [3.63, 3.8) is 0 Å². The highest BCUT2D eigenvalue weighted by Crippen LogP contribution is 2.31. The second-order valence-electron chi connectivity index (χ2n) is 3.97. The van der Waals surface area contributed by atoms with E-state index >= 15 is 0 Å². The molecular weight excluding hydrogens is 236 g/mol. The van der Waals surface area contributed by atoms with Gasteiger partial charge in [0.15, 0.2) is 0 Å². The first kappa shape index (κ1) is 12.2. The molecule has 6 nitrogen and oxygen atoms in total. The highest BCUT2D eigenvalue weighted by molar-refractivity contribution is 5.82. The number of ether oxygens (including phenoxy) is 1. The van der Waals surface area contributed by atoms with Crippen LogP contribution in [-0.2, 0) is 4.79 Å². The Kier molecular flexibility index (Phi) is 3.36. The van der Waals surface area contributed by atoms with E-state index in [-0.39, 0.29) is 18.6 Å². The smallest absolute Gasteiger partial charge is 0.323 e. The molecule has 1 unspecified atom stereocenters. The van der Waals surface area contributed by atoms with Crippen LogP contribution in [0.5, 0.6) is 5.75 Å². The summed E-state index contributed by atoms with van der Waals surface area (Å²) in [6, 6.07) is 6.60. The van der Waals surface area contributed by atoms with E-state index < -0.39 is 5.97 Å². The lowest BCUT2D eigenvalue weighted by molar-refractivity contribution is -0.137. The number of methoxy groups -OCH3 is 1. The van der Waals surface area contributed by atoms with Crippen LogP contribution in [0, 0.1) is 0 Å². The van der Waals surface area contributed by atoms with Gasteiger partial charge >= 0.3 is 12.0 Å². The summed E-state index contributed by atoms with van der Waals surface area (Å²) in [6.45, 7) is 0.0566. The normalized spacial score (nSPS) is 18.6. The van der Waals surface area contributed by atoms with E-state index in [1.165, 1.54) is 4.90 Å². The third-order valence-electron chi connectivity index (χ3n) is 2.89. The summed E-state index contributed by atoms with van der Waals surface area (Å²) >= 11 is 0. The molecule has 1 heterocycles. The summed E-state index contributed by atoms with van der Waals surface area (Å²) in [4.78, 5) is 23.7. The van der Waals surface area contributed by atoms with Crippen LogP contribution < -0.4 is 10.1 Å². The molecule has 96 valence electrons. The first-order valence-corrected chi connectivity index (χ1v) is 5.52. The number of rotatable bonds is 4. The molecule has 0 saturated carbocycles. The Labute approximate surface area is 104 Å². The Hall–Kier alpha value is -2.24. The molecule has 1 fully saturated rings. The molecule has 0 radical (unpaired) electrons. The number of aliphatic carboxylic acids is 1. The third-order valence-corrected chi connectivity index (χ3v) is 2.89. The summed E-state index contributed by atoms with van der Waals surface area (Å²) in [5, 5.41) is 11.5. The zero-order valence-electron chi connectivity index (χ0n) is 9.92. The average Bonchev–Trinajstić information content (AvgIpc) is 2.70. The average molecular weight is 250 g/mol. The van der Waals surface area contributed by atoms with Gasteiger partial charge in [-0.2, -0.15) is 0 Å². The quantitative estimate of drug-likeness (QED) is 0.830. The van der Waals surface area contributed by atoms with Crippen molar-refractivity contribution in [2.75, 3.05) is 20.2 Å². The number of hydrogen-bond acceptors (Lipinski definition) is 3. The summed E-state index contributed by atoms with van der Waals surface area (Å²) in [5.41, 5.74) is 0.805. The molecule has 0 aromatic heterocycles. The molecule has 6 heteroatoms. The van der Waals surface area contributed by atoms with E-state index in [2.05, 4.69) is 5.32 Å². The van der Waals surface area contributed by atoms with Gasteiger partial charge < -0.3 is 20.1 Å². The van der Waals surface area contributed by atoms with Gasteiger partial charge in [0.1, 0.15) is 12.3 Å². The predicted octanol–water partition coefficient (Wildman–Crippen LogP) is 0.846. The van der Waals surface area contributed by atoms with Crippen molar-refractivity contribution in [2.24, 2.45) is 0 Å². The van der Waals surface area contributed by atoms with Crippen LogP contribution >= 0.6 is 0 Å². The Balaban J connectivity index is 2.31. The van der Waals surface area contributed by atoms with Gasteiger partial charge in [0.2, 0.25) is 0 Å². The van der Waals surface area contributed by atoms with Crippen LogP contribution in [0.4, 0.5) is 4.79 Å². The van der Waals surface area contributed by atoms with Crippen molar-refractivity contribution in [3.8, 4) is 5.75 Å². The Morgan fingerprint density at radius 2 is 2.28 bits per heavy atom. The van der Waals surface area contributed by atoms with Crippen LogP contribution in [0.1, 0.15) is 11.6 Å². The zero-order chi connectivity index (χ0) is 13.1. The zero-order valence-corrected chi connectivity index (χ0v) is 9.92. The van der Waals surface area contributed by atoms with Crippen molar-refractivity contribution >= 4 is 12.0 Å². The number of carbonyl (C=O) groups excluding carboxylic acids is 1. The number of hydrogen-bond donors (Lipinski definition) is 2. The maximum absolute atomic E-state index is 11.6. The largest absolute Gasteiger partial charge is 0.496 e. The number of urea groups is 1. The SMILES string of the molecule is COc1ccccc1C1CNC(=O)N1CC(=O)O. The van der Waals surface area contributed by atoms with Gasteiger partial charge in [-0.05, 0) is 6.07 Å². The van der Waals surface area contributed by atoms with Crippen molar-refractivity contribution in [2.45, 2.75) is 6.04 Å². The summed E-state index contributed by atoms with van der Waals surface area (Å²) in [6.07, 6.45) is 0. The first-order valence-electron chi connectivity index (χ1n) is 5.52. The van der Waals surface area contributed by atoms with Crippen LogP contribution in [0.15, 0.2) is 24.3 Å². The highest BCUT2D eigenvalue weighted by Gasteiger charge is 2.34.